The zero-order chi connectivity index (χ0) is 20.1. The Balaban J connectivity index is 2.04. The summed E-state index contributed by atoms with van der Waals surface area (Å²) in [6.07, 6.45) is 0.937. The van der Waals surface area contributed by atoms with Gasteiger partial charge in [-0.3, -0.25) is 4.79 Å². The summed E-state index contributed by atoms with van der Waals surface area (Å²) < 4.78 is 39.8. The zero-order valence-electron chi connectivity index (χ0n) is 15.7. The van der Waals surface area contributed by atoms with Crippen LogP contribution in [0.4, 0.5) is 15.8 Å². The highest BCUT2D eigenvalue weighted by Gasteiger charge is 2.24. The number of hydrogen-bond acceptors (Lipinski definition) is 5. The number of halogens is 1. The number of hydrogen-bond donors (Lipinski definition) is 2. The Morgan fingerprint density at radius 1 is 1.18 bits per heavy atom. The number of rotatable bonds is 6. The second kappa shape index (κ2) is 8.70. The van der Waals surface area contributed by atoms with Gasteiger partial charge in [0, 0.05) is 38.3 Å². The predicted octanol–water partition coefficient (Wildman–Crippen LogP) is 2.81. The predicted molar refractivity (Wildman–Crippen MR) is 107 cm³/mol. The van der Waals surface area contributed by atoms with Crippen molar-refractivity contribution in [1.82, 2.24) is 5.32 Å². The van der Waals surface area contributed by atoms with Crippen LogP contribution in [-0.2, 0) is 14.6 Å². The molecule has 150 valence electrons. The molecule has 1 aliphatic rings. The molecule has 0 aromatic heterocycles. The molecule has 1 saturated heterocycles. The third kappa shape index (κ3) is 4.51. The number of benzene rings is 2. The van der Waals surface area contributed by atoms with E-state index in [1.54, 1.807) is 12.1 Å². The van der Waals surface area contributed by atoms with Gasteiger partial charge >= 0.3 is 0 Å². The van der Waals surface area contributed by atoms with Crippen LogP contribution in [0, 0.1) is 5.82 Å². The van der Waals surface area contributed by atoms with Gasteiger partial charge in [-0.25, -0.2) is 12.8 Å². The summed E-state index contributed by atoms with van der Waals surface area (Å²) in [7, 11) is -3.99. The van der Waals surface area contributed by atoms with Crippen LogP contribution in [0.2, 0.25) is 0 Å². The molecule has 0 aliphatic carbocycles. The Kier molecular flexibility index (Phi) is 6.31. The van der Waals surface area contributed by atoms with Gasteiger partial charge in [0.25, 0.3) is 0 Å². The van der Waals surface area contributed by atoms with E-state index in [9.17, 15) is 17.6 Å². The molecule has 1 amide bonds. The smallest absolute Gasteiger partial charge is 0.224 e. The molecule has 0 spiro atoms. The first-order valence-corrected chi connectivity index (χ1v) is 10.8. The number of anilines is 2. The topological polar surface area (TPSA) is 78.5 Å². The van der Waals surface area contributed by atoms with Crippen molar-refractivity contribution in [3.63, 3.8) is 0 Å². The first-order chi connectivity index (χ1) is 13.4. The maximum atomic E-state index is 13.6. The molecule has 8 heteroatoms. The van der Waals surface area contributed by atoms with Gasteiger partial charge < -0.3 is 15.5 Å². The Morgan fingerprint density at radius 2 is 1.93 bits per heavy atom. The summed E-state index contributed by atoms with van der Waals surface area (Å²) in [5, 5.41) is 5.99. The van der Waals surface area contributed by atoms with Crippen LogP contribution >= 0.6 is 0 Å². The molecule has 1 heterocycles. The van der Waals surface area contributed by atoms with Gasteiger partial charge in [-0.15, -0.1) is 0 Å². The lowest BCUT2D eigenvalue weighted by molar-refractivity contribution is -0.116. The Hall–Kier alpha value is -2.45. The molecule has 0 radical (unpaired) electrons. The van der Waals surface area contributed by atoms with E-state index in [4.69, 9.17) is 0 Å². The Labute approximate surface area is 164 Å². The maximum absolute atomic E-state index is 13.6. The van der Waals surface area contributed by atoms with Gasteiger partial charge in [-0.2, -0.15) is 0 Å². The zero-order valence-corrected chi connectivity index (χ0v) is 16.6. The maximum Gasteiger partial charge on any atom is 0.224 e. The van der Waals surface area contributed by atoms with Crippen LogP contribution in [-0.4, -0.2) is 40.5 Å². The normalized spacial score (nSPS) is 14.7. The molecule has 0 unspecified atom stereocenters. The first kappa shape index (κ1) is 20.3. The number of nitrogens with one attached hydrogen (secondary N) is 2. The fourth-order valence-corrected chi connectivity index (χ4v) is 4.60. The van der Waals surface area contributed by atoms with Gasteiger partial charge in [0.05, 0.1) is 15.5 Å². The minimum Gasteiger partial charge on any atom is -0.369 e. The van der Waals surface area contributed by atoms with Crippen molar-refractivity contribution < 1.29 is 17.6 Å². The van der Waals surface area contributed by atoms with E-state index in [2.05, 4.69) is 15.5 Å². The second-order valence-electron chi connectivity index (χ2n) is 6.68. The second-order valence-corrected chi connectivity index (χ2v) is 8.59. The molecule has 1 fully saturated rings. The lowest BCUT2D eigenvalue weighted by Gasteiger charge is -2.30. The third-order valence-electron chi connectivity index (χ3n) is 4.59. The summed E-state index contributed by atoms with van der Waals surface area (Å²) in [6.45, 7) is 5.12. The van der Waals surface area contributed by atoms with E-state index < -0.39 is 15.7 Å². The van der Waals surface area contributed by atoms with Crippen LogP contribution in [0.5, 0.6) is 0 Å². The van der Waals surface area contributed by atoms with E-state index in [0.717, 1.165) is 37.9 Å². The fraction of sp³-hybridized carbons (Fsp3) is 0.350. The standard InChI is InChI=1S/C20H24FN3O3S/c1-2-4-20(25)23-18-14-16(24-11-9-22-10-12-24)7-8-19(18)28(26,27)17-6-3-5-15(21)13-17/h3,5-8,13-14,22H,2,4,9-12H2,1H3,(H,23,25). The van der Waals surface area contributed by atoms with Crippen LogP contribution in [0.15, 0.2) is 52.3 Å². The summed E-state index contributed by atoms with van der Waals surface area (Å²) >= 11 is 0. The lowest BCUT2D eigenvalue weighted by atomic mass is 10.2. The largest absolute Gasteiger partial charge is 0.369 e. The van der Waals surface area contributed by atoms with Gasteiger partial charge in [-0.1, -0.05) is 13.0 Å². The molecule has 0 bridgehead atoms. The van der Waals surface area contributed by atoms with Crippen LogP contribution in [0.25, 0.3) is 0 Å². The summed E-state index contributed by atoms with van der Waals surface area (Å²) in [4.78, 5) is 14.1. The van der Waals surface area contributed by atoms with Crippen molar-refractivity contribution in [3.8, 4) is 0 Å². The molecular weight excluding hydrogens is 381 g/mol. The number of amides is 1. The lowest BCUT2D eigenvalue weighted by Crippen LogP contribution is -2.43. The SMILES string of the molecule is CCCC(=O)Nc1cc(N2CCNCC2)ccc1S(=O)(=O)c1cccc(F)c1. The summed E-state index contributed by atoms with van der Waals surface area (Å²) in [5.74, 6) is -0.884. The average Bonchev–Trinajstić information content (AvgIpc) is 2.68. The van der Waals surface area contributed by atoms with Crippen molar-refractivity contribution in [1.29, 1.82) is 0 Å². The molecule has 2 N–H and O–H groups in total. The van der Waals surface area contributed by atoms with Gasteiger partial charge in [0.2, 0.25) is 15.7 Å². The van der Waals surface area contributed by atoms with E-state index in [-0.39, 0.29) is 27.8 Å². The first-order valence-electron chi connectivity index (χ1n) is 9.32. The fourth-order valence-electron chi connectivity index (χ4n) is 3.17. The minimum atomic E-state index is -3.99. The number of carbonyl (C=O) groups excluding carboxylic acids is 1. The molecule has 6 nitrogen and oxygen atoms in total. The molecule has 2 aromatic carbocycles. The number of piperazine rings is 1. The molecule has 2 aromatic rings. The Morgan fingerprint density at radius 3 is 2.61 bits per heavy atom. The Bertz CT molecular complexity index is 957. The number of sulfone groups is 1. The molecular formula is C20H24FN3O3S. The minimum absolute atomic E-state index is 0.0403. The van der Waals surface area contributed by atoms with Crippen LogP contribution < -0.4 is 15.5 Å². The molecule has 0 saturated carbocycles. The van der Waals surface area contributed by atoms with Gasteiger partial charge in [-0.05, 0) is 42.8 Å². The molecule has 1 aliphatic heterocycles. The van der Waals surface area contributed by atoms with Crippen LogP contribution in [0.3, 0.4) is 0 Å². The van der Waals surface area contributed by atoms with Crippen molar-refractivity contribution >= 4 is 27.1 Å². The van der Waals surface area contributed by atoms with Crippen molar-refractivity contribution in [3.05, 3.63) is 48.3 Å². The highest BCUT2D eigenvalue weighted by Crippen LogP contribution is 2.32. The van der Waals surface area contributed by atoms with Gasteiger partial charge in [0.15, 0.2) is 0 Å². The number of nitrogens with zero attached hydrogens (tertiary/aromatic N) is 1. The molecule has 3 rings (SSSR count). The average molecular weight is 405 g/mol. The van der Waals surface area contributed by atoms with Crippen molar-refractivity contribution in [2.75, 3.05) is 36.4 Å². The highest BCUT2D eigenvalue weighted by molar-refractivity contribution is 7.91. The van der Waals surface area contributed by atoms with E-state index in [1.807, 2.05) is 6.92 Å². The van der Waals surface area contributed by atoms with E-state index in [0.29, 0.717) is 6.42 Å². The van der Waals surface area contributed by atoms with Gasteiger partial charge in [0.1, 0.15) is 5.82 Å². The van der Waals surface area contributed by atoms with Crippen LogP contribution in [0.1, 0.15) is 19.8 Å². The van der Waals surface area contributed by atoms with Crippen molar-refractivity contribution in [2.24, 2.45) is 0 Å². The molecule has 28 heavy (non-hydrogen) atoms. The summed E-state index contributed by atoms with van der Waals surface area (Å²) in [5.41, 5.74) is 1.06. The third-order valence-corrected chi connectivity index (χ3v) is 6.40. The highest BCUT2D eigenvalue weighted by atomic mass is 32.2. The number of carbonyl (C=O) groups is 1. The van der Waals surface area contributed by atoms with E-state index >= 15 is 0 Å². The quantitative estimate of drug-likeness (QED) is 0.773. The van der Waals surface area contributed by atoms with Crippen molar-refractivity contribution in [2.45, 2.75) is 29.6 Å². The molecule has 0 atom stereocenters. The summed E-state index contributed by atoms with van der Waals surface area (Å²) in [6, 6.07) is 9.78. The van der Waals surface area contributed by atoms with E-state index in [1.165, 1.54) is 24.3 Å². The monoisotopic (exact) mass is 405 g/mol.